The molecule has 0 aliphatic carbocycles. The number of benzene rings is 1. The maximum Gasteiger partial charge on any atom is 0.250 e. The Morgan fingerprint density at radius 3 is 2.89 bits per heavy atom. The SMILES string of the molecule is O=C(COCC1CCCN1)Nc1ccc(F)cc1. The Balaban J connectivity index is 1.66. The molecule has 0 radical (unpaired) electrons. The zero-order valence-electron chi connectivity index (χ0n) is 10.1. The molecule has 1 fully saturated rings. The summed E-state index contributed by atoms with van der Waals surface area (Å²) in [7, 11) is 0. The van der Waals surface area contributed by atoms with Gasteiger partial charge in [0, 0.05) is 11.7 Å². The molecule has 1 aliphatic rings. The molecule has 1 heterocycles. The van der Waals surface area contributed by atoms with Crippen LogP contribution in [0.4, 0.5) is 10.1 Å². The van der Waals surface area contributed by atoms with E-state index in [0.29, 0.717) is 18.3 Å². The molecule has 1 atom stereocenters. The van der Waals surface area contributed by atoms with Gasteiger partial charge in [-0.25, -0.2) is 4.39 Å². The van der Waals surface area contributed by atoms with Crippen LogP contribution in [0.1, 0.15) is 12.8 Å². The van der Waals surface area contributed by atoms with Crippen LogP contribution in [0.5, 0.6) is 0 Å². The highest BCUT2D eigenvalue weighted by atomic mass is 19.1. The second kappa shape index (κ2) is 6.47. The van der Waals surface area contributed by atoms with E-state index in [1.54, 1.807) is 0 Å². The highest BCUT2D eigenvalue weighted by molar-refractivity contribution is 5.91. The Bertz CT molecular complexity index is 388. The number of amides is 1. The van der Waals surface area contributed by atoms with Crippen molar-refractivity contribution < 1.29 is 13.9 Å². The summed E-state index contributed by atoms with van der Waals surface area (Å²) in [4.78, 5) is 11.5. The van der Waals surface area contributed by atoms with Crippen molar-refractivity contribution in [2.24, 2.45) is 0 Å². The number of hydrogen-bond donors (Lipinski definition) is 2. The third-order valence-electron chi connectivity index (χ3n) is 2.84. The van der Waals surface area contributed by atoms with E-state index in [-0.39, 0.29) is 18.3 Å². The zero-order valence-corrected chi connectivity index (χ0v) is 10.1. The van der Waals surface area contributed by atoms with Crippen LogP contribution in [0.3, 0.4) is 0 Å². The molecule has 1 amide bonds. The predicted octanol–water partition coefficient (Wildman–Crippen LogP) is 1.53. The lowest BCUT2D eigenvalue weighted by atomic mass is 10.2. The molecule has 4 nitrogen and oxygen atoms in total. The van der Waals surface area contributed by atoms with Crippen LogP contribution in [0, 0.1) is 5.82 Å². The highest BCUT2D eigenvalue weighted by Crippen LogP contribution is 2.08. The van der Waals surface area contributed by atoms with Crippen molar-refractivity contribution in [2.75, 3.05) is 25.1 Å². The molecule has 0 saturated carbocycles. The quantitative estimate of drug-likeness (QED) is 0.835. The summed E-state index contributed by atoms with van der Waals surface area (Å²) < 4.78 is 18.0. The molecule has 1 aromatic carbocycles. The molecule has 18 heavy (non-hydrogen) atoms. The van der Waals surface area contributed by atoms with E-state index in [4.69, 9.17) is 4.74 Å². The van der Waals surface area contributed by atoms with E-state index in [1.807, 2.05) is 0 Å². The molecular weight excluding hydrogens is 235 g/mol. The minimum atomic E-state index is -0.323. The first-order valence-corrected chi connectivity index (χ1v) is 6.10. The van der Waals surface area contributed by atoms with E-state index >= 15 is 0 Å². The van der Waals surface area contributed by atoms with Gasteiger partial charge in [0.25, 0.3) is 0 Å². The molecule has 5 heteroatoms. The predicted molar refractivity (Wildman–Crippen MR) is 66.9 cm³/mol. The fourth-order valence-electron chi connectivity index (χ4n) is 1.92. The second-order valence-electron chi connectivity index (χ2n) is 4.36. The standard InChI is InChI=1S/C13H17FN2O2/c14-10-3-5-11(6-4-10)16-13(17)9-18-8-12-2-1-7-15-12/h3-6,12,15H,1-2,7-9H2,(H,16,17). The number of halogens is 1. The molecule has 0 spiro atoms. The van der Waals surface area contributed by atoms with E-state index in [9.17, 15) is 9.18 Å². The van der Waals surface area contributed by atoms with Gasteiger partial charge in [-0.05, 0) is 43.7 Å². The van der Waals surface area contributed by atoms with Crippen molar-refractivity contribution >= 4 is 11.6 Å². The van der Waals surface area contributed by atoms with E-state index in [0.717, 1.165) is 19.4 Å². The fraction of sp³-hybridized carbons (Fsp3) is 0.462. The first-order chi connectivity index (χ1) is 8.74. The van der Waals surface area contributed by atoms with Crippen LogP contribution in [-0.4, -0.2) is 31.7 Å². The summed E-state index contributed by atoms with van der Waals surface area (Å²) in [6, 6.07) is 6.01. The van der Waals surface area contributed by atoms with Crippen molar-refractivity contribution in [1.29, 1.82) is 0 Å². The number of carbonyl (C=O) groups is 1. The summed E-state index contributed by atoms with van der Waals surface area (Å²) in [5.74, 6) is -0.545. The second-order valence-corrected chi connectivity index (χ2v) is 4.36. The Morgan fingerprint density at radius 1 is 1.44 bits per heavy atom. The lowest BCUT2D eigenvalue weighted by molar-refractivity contribution is -0.120. The Morgan fingerprint density at radius 2 is 2.22 bits per heavy atom. The molecule has 1 unspecified atom stereocenters. The third-order valence-corrected chi connectivity index (χ3v) is 2.84. The van der Waals surface area contributed by atoms with Crippen LogP contribution < -0.4 is 10.6 Å². The fourth-order valence-corrected chi connectivity index (χ4v) is 1.92. The number of ether oxygens (including phenoxy) is 1. The van der Waals surface area contributed by atoms with Gasteiger partial charge in [-0.1, -0.05) is 0 Å². The maximum absolute atomic E-state index is 12.7. The van der Waals surface area contributed by atoms with Crippen LogP contribution in [0.25, 0.3) is 0 Å². The topological polar surface area (TPSA) is 50.4 Å². The Labute approximate surface area is 106 Å². The van der Waals surface area contributed by atoms with Crippen LogP contribution in [0.2, 0.25) is 0 Å². The molecule has 1 saturated heterocycles. The molecular formula is C13H17FN2O2. The number of hydrogen-bond acceptors (Lipinski definition) is 3. The molecule has 1 aliphatic heterocycles. The number of nitrogens with one attached hydrogen (secondary N) is 2. The van der Waals surface area contributed by atoms with Gasteiger partial charge >= 0.3 is 0 Å². The highest BCUT2D eigenvalue weighted by Gasteiger charge is 2.14. The van der Waals surface area contributed by atoms with Gasteiger partial charge in [0.05, 0.1) is 6.61 Å². The van der Waals surface area contributed by atoms with Gasteiger partial charge in [0.2, 0.25) is 5.91 Å². The van der Waals surface area contributed by atoms with Gasteiger partial charge in [-0.15, -0.1) is 0 Å². The molecule has 0 aromatic heterocycles. The van der Waals surface area contributed by atoms with E-state index in [1.165, 1.54) is 24.3 Å². The van der Waals surface area contributed by atoms with Gasteiger partial charge in [0.15, 0.2) is 0 Å². The largest absolute Gasteiger partial charge is 0.370 e. The summed E-state index contributed by atoms with van der Waals surface area (Å²) in [6.07, 6.45) is 2.26. The van der Waals surface area contributed by atoms with Crippen molar-refractivity contribution in [1.82, 2.24) is 5.32 Å². The van der Waals surface area contributed by atoms with Gasteiger partial charge in [-0.3, -0.25) is 4.79 Å². The van der Waals surface area contributed by atoms with Gasteiger partial charge in [0.1, 0.15) is 12.4 Å². The number of rotatable bonds is 5. The average molecular weight is 252 g/mol. The summed E-state index contributed by atoms with van der Waals surface area (Å²) in [6.45, 7) is 1.60. The Kier molecular flexibility index (Phi) is 4.66. The van der Waals surface area contributed by atoms with Crippen molar-refractivity contribution in [3.8, 4) is 0 Å². The summed E-state index contributed by atoms with van der Waals surface area (Å²) in [5.41, 5.74) is 0.573. The van der Waals surface area contributed by atoms with Gasteiger partial charge in [-0.2, -0.15) is 0 Å². The van der Waals surface area contributed by atoms with Crippen LogP contribution in [-0.2, 0) is 9.53 Å². The van der Waals surface area contributed by atoms with Crippen LogP contribution >= 0.6 is 0 Å². The molecule has 0 bridgehead atoms. The zero-order chi connectivity index (χ0) is 12.8. The summed E-state index contributed by atoms with van der Waals surface area (Å²) >= 11 is 0. The smallest absolute Gasteiger partial charge is 0.250 e. The molecule has 98 valence electrons. The van der Waals surface area contributed by atoms with Crippen molar-refractivity contribution in [3.05, 3.63) is 30.1 Å². The van der Waals surface area contributed by atoms with E-state index in [2.05, 4.69) is 10.6 Å². The normalized spacial score (nSPS) is 18.8. The maximum atomic E-state index is 12.7. The summed E-state index contributed by atoms with van der Waals surface area (Å²) in [5, 5.41) is 5.93. The lowest BCUT2D eigenvalue weighted by Crippen LogP contribution is -2.29. The third kappa shape index (κ3) is 4.09. The molecule has 2 rings (SSSR count). The monoisotopic (exact) mass is 252 g/mol. The van der Waals surface area contributed by atoms with Crippen molar-refractivity contribution in [2.45, 2.75) is 18.9 Å². The average Bonchev–Trinajstić information content (AvgIpc) is 2.85. The van der Waals surface area contributed by atoms with Gasteiger partial charge < -0.3 is 15.4 Å². The first kappa shape index (κ1) is 13.0. The number of anilines is 1. The number of carbonyl (C=O) groups excluding carboxylic acids is 1. The first-order valence-electron chi connectivity index (χ1n) is 6.10. The van der Waals surface area contributed by atoms with Crippen molar-refractivity contribution in [3.63, 3.8) is 0 Å². The lowest BCUT2D eigenvalue weighted by Gasteiger charge is -2.10. The Hall–Kier alpha value is -1.46. The van der Waals surface area contributed by atoms with E-state index < -0.39 is 0 Å². The minimum absolute atomic E-state index is 0.0234. The molecule has 2 N–H and O–H groups in total. The minimum Gasteiger partial charge on any atom is -0.370 e. The van der Waals surface area contributed by atoms with Crippen LogP contribution in [0.15, 0.2) is 24.3 Å². The molecule has 1 aromatic rings.